The molecule has 6 nitrogen and oxygen atoms in total. The van der Waals surface area contributed by atoms with Gasteiger partial charge in [-0.1, -0.05) is 13.0 Å². The number of rotatable bonds is 3. The molecule has 2 aromatic rings. The van der Waals surface area contributed by atoms with Crippen LogP contribution in [0.1, 0.15) is 56.5 Å². The molecule has 0 unspecified atom stereocenters. The highest BCUT2D eigenvalue weighted by Crippen LogP contribution is 2.39. The molecule has 0 saturated heterocycles. The predicted octanol–water partition coefficient (Wildman–Crippen LogP) is 2.82. The minimum absolute atomic E-state index is 0.0421. The SMILES string of the molecule is CC(=O)NC1(c2nnnn2-c2cc(C)cc(C)c2)CCC(C)CC1. The molecule has 1 saturated carbocycles. The molecular formula is C18H25N5O. The van der Waals surface area contributed by atoms with Gasteiger partial charge in [0.15, 0.2) is 5.82 Å². The Morgan fingerprint density at radius 1 is 1.21 bits per heavy atom. The summed E-state index contributed by atoms with van der Waals surface area (Å²) < 4.78 is 1.78. The van der Waals surface area contributed by atoms with Gasteiger partial charge in [-0.2, -0.15) is 4.68 Å². The van der Waals surface area contributed by atoms with Gasteiger partial charge in [-0.3, -0.25) is 4.79 Å². The summed E-state index contributed by atoms with van der Waals surface area (Å²) in [6, 6.07) is 6.26. The Morgan fingerprint density at radius 2 is 1.83 bits per heavy atom. The first-order chi connectivity index (χ1) is 11.4. The van der Waals surface area contributed by atoms with Crippen LogP contribution in [0.3, 0.4) is 0 Å². The lowest BCUT2D eigenvalue weighted by molar-refractivity contribution is -0.121. The minimum atomic E-state index is -0.487. The Morgan fingerprint density at radius 3 is 2.42 bits per heavy atom. The topological polar surface area (TPSA) is 72.7 Å². The summed E-state index contributed by atoms with van der Waals surface area (Å²) in [5, 5.41) is 15.6. The van der Waals surface area contributed by atoms with E-state index in [9.17, 15) is 4.79 Å². The van der Waals surface area contributed by atoms with E-state index in [4.69, 9.17) is 0 Å². The van der Waals surface area contributed by atoms with Crippen molar-refractivity contribution in [3.63, 3.8) is 0 Å². The largest absolute Gasteiger partial charge is 0.344 e. The maximum atomic E-state index is 11.9. The molecule has 0 radical (unpaired) electrons. The maximum absolute atomic E-state index is 11.9. The summed E-state index contributed by atoms with van der Waals surface area (Å²) in [5.41, 5.74) is 2.78. The molecule has 3 rings (SSSR count). The highest BCUT2D eigenvalue weighted by molar-refractivity contribution is 5.74. The quantitative estimate of drug-likeness (QED) is 0.941. The molecule has 1 amide bonds. The fourth-order valence-corrected chi connectivity index (χ4v) is 3.73. The smallest absolute Gasteiger partial charge is 0.217 e. The molecule has 1 N–H and O–H groups in total. The number of carbonyl (C=O) groups is 1. The van der Waals surface area contributed by atoms with Crippen LogP contribution in [-0.2, 0) is 10.3 Å². The van der Waals surface area contributed by atoms with Crippen molar-refractivity contribution in [1.82, 2.24) is 25.5 Å². The molecule has 1 aliphatic rings. The van der Waals surface area contributed by atoms with Crippen molar-refractivity contribution in [1.29, 1.82) is 0 Å². The van der Waals surface area contributed by atoms with Crippen molar-refractivity contribution in [2.75, 3.05) is 0 Å². The zero-order valence-electron chi connectivity index (χ0n) is 14.8. The number of aromatic nitrogens is 4. The van der Waals surface area contributed by atoms with Gasteiger partial charge in [0, 0.05) is 6.92 Å². The van der Waals surface area contributed by atoms with Crippen molar-refractivity contribution >= 4 is 5.91 Å². The van der Waals surface area contributed by atoms with Gasteiger partial charge in [-0.05, 0) is 79.1 Å². The summed E-state index contributed by atoms with van der Waals surface area (Å²) in [6.45, 7) is 7.94. The van der Waals surface area contributed by atoms with E-state index in [1.54, 1.807) is 11.6 Å². The molecule has 1 aromatic heterocycles. The monoisotopic (exact) mass is 327 g/mol. The number of tetrazole rings is 1. The molecule has 0 atom stereocenters. The van der Waals surface area contributed by atoms with Crippen LogP contribution in [0.15, 0.2) is 18.2 Å². The van der Waals surface area contributed by atoms with Crippen LogP contribution >= 0.6 is 0 Å². The lowest BCUT2D eigenvalue weighted by Gasteiger charge is -2.38. The first kappa shape index (κ1) is 16.6. The van der Waals surface area contributed by atoms with Gasteiger partial charge in [-0.25, -0.2) is 0 Å². The van der Waals surface area contributed by atoms with Crippen LogP contribution in [0.25, 0.3) is 5.69 Å². The lowest BCUT2D eigenvalue weighted by atomic mass is 9.76. The number of carbonyl (C=O) groups excluding carboxylic acids is 1. The van der Waals surface area contributed by atoms with Gasteiger partial charge < -0.3 is 5.32 Å². The van der Waals surface area contributed by atoms with Gasteiger partial charge in [0.25, 0.3) is 0 Å². The van der Waals surface area contributed by atoms with Gasteiger partial charge in [0.2, 0.25) is 5.91 Å². The average molecular weight is 327 g/mol. The normalized spacial score (nSPS) is 23.9. The maximum Gasteiger partial charge on any atom is 0.217 e. The van der Waals surface area contributed by atoms with Crippen molar-refractivity contribution < 1.29 is 4.79 Å². The van der Waals surface area contributed by atoms with Crippen molar-refractivity contribution in [3.8, 4) is 5.69 Å². The summed E-state index contributed by atoms with van der Waals surface area (Å²) in [7, 11) is 0. The summed E-state index contributed by atoms with van der Waals surface area (Å²) in [4.78, 5) is 11.9. The van der Waals surface area contributed by atoms with Gasteiger partial charge in [-0.15, -0.1) is 5.10 Å². The molecule has 0 aliphatic heterocycles. The molecule has 0 bridgehead atoms. The number of nitrogens with one attached hydrogen (secondary N) is 1. The second kappa shape index (κ2) is 6.34. The number of hydrogen-bond donors (Lipinski definition) is 1. The van der Waals surface area contributed by atoms with E-state index >= 15 is 0 Å². The Hall–Kier alpha value is -2.24. The molecule has 1 fully saturated rings. The lowest BCUT2D eigenvalue weighted by Crippen LogP contribution is -2.49. The Labute approximate surface area is 142 Å². The van der Waals surface area contributed by atoms with Gasteiger partial charge >= 0.3 is 0 Å². The Balaban J connectivity index is 2.07. The van der Waals surface area contributed by atoms with Crippen LogP contribution in [0, 0.1) is 19.8 Å². The van der Waals surface area contributed by atoms with E-state index in [1.165, 1.54) is 0 Å². The number of benzene rings is 1. The van der Waals surface area contributed by atoms with Gasteiger partial charge in [0.05, 0.1) is 5.69 Å². The fourth-order valence-electron chi connectivity index (χ4n) is 3.73. The van der Waals surface area contributed by atoms with Crippen molar-refractivity contribution in [3.05, 3.63) is 35.2 Å². The zero-order valence-corrected chi connectivity index (χ0v) is 14.8. The number of nitrogens with zero attached hydrogens (tertiary/aromatic N) is 4. The molecule has 1 heterocycles. The molecule has 128 valence electrons. The summed E-state index contributed by atoms with van der Waals surface area (Å²) >= 11 is 0. The van der Waals surface area contributed by atoms with Crippen molar-refractivity contribution in [2.24, 2.45) is 5.92 Å². The molecule has 1 aliphatic carbocycles. The van der Waals surface area contributed by atoms with E-state index in [2.05, 4.69) is 59.8 Å². The summed E-state index contributed by atoms with van der Waals surface area (Å²) in [5.74, 6) is 1.35. The Kier molecular flexibility index (Phi) is 4.39. The number of hydrogen-bond acceptors (Lipinski definition) is 4. The van der Waals surface area contributed by atoms with Gasteiger partial charge in [0.1, 0.15) is 5.54 Å². The fraction of sp³-hybridized carbons (Fsp3) is 0.556. The molecule has 0 spiro atoms. The molecule has 6 heteroatoms. The molecule has 1 aromatic carbocycles. The van der Waals surface area contributed by atoms with Crippen molar-refractivity contribution in [2.45, 2.75) is 58.9 Å². The zero-order chi connectivity index (χ0) is 17.3. The van der Waals surface area contributed by atoms with Crippen LogP contribution in [0.4, 0.5) is 0 Å². The standard InChI is InChI=1S/C18H25N5O/c1-12-5-7-18(8-6-12,19-15(4)24)17-20-21-22-23(17)16-10-13(2)9-14(3)11-16/h9-12H,5-8H2,1-4H3,(H,19,24). The summed E-state index contributed by atoms with van der Waals surface area (Å²) in [6.07, 6.45) is 3.83. The van der Waals surface area contributed by atoms with E-state index in [-0.39, 0.29) is 5.91 Å². The van der Waals surface area contributed by atoms with Crippen LogP contribution in [0.5, 0.6) is 0 Å². The minimum Gasteiger partial charge on any atom is -0.344 e. The van der Waals surface area contributed by atoms with Crippen LogP contribution < -0.4 is 5.32 Å². The van der Waals surface area contributed by atoms with E-state index in [0.29, 0.717) is 5.92 Å². The van der Waals surface area contributed by atoms with Crippen LogP contribution in [0.2, 0.25) is 0 Å². The molecular weight excluding hydrogens is 302 g/mol. The highest BCUT2D eigenvalue weighted by Gasteiger charge is 2.41. The predicted molar refractivity (Wildman–Crippen MR) is 91.8 cm³/mol. The third-order valence-corrected chi connectivity index (χ3v) is 4.89. The number of aryl methyl sites for hydroxylation is 2. The Bertz CT molecular complexity index is 723. The van der Waals surface area contributed by atoms with E-state index in [0.717, 1.165) is 48.3 Å². The first-order valence-electron chi connectivity index (χ1n) is 8.56. The highest BCUT2D eigenvalue weighted by atomic mass is 16.1. The van der Waals surface area contributed by atoms with E-state index < -0.39 is 5.54 Å². The molecule has 24 heavy (non-hydrogen) atoms. The second-order valence-electron chi connectivity index (χ2n) is 7.21. The van der Waals surface area contributed by atoms with E-state index in [1.807, 2.05) is 0 Å². The third-order valence-electron chi connectivity index (χ3n) is 4.89. The average Bonchev–Trinajstić information content (AvgIpc) is 2.98. The number of amides is 1. The third kappa shape index (κ3) is 3.18. The second-order valence-corrected chi connectivity index (χ2v) is 7.21. The van der Waals surface area contributed by atoms with Crippen LogP contribution in [-0.4, -0.2) is 26.1 Å². The first-order valence-corrected chi connectivity index (χ1v) is 8.56.